The standard InChI is InChI=1S/C28H13N3O8/c32-19(29-39)9-30-25(35)15-5-1-11-13-3-7-17-24-18(28(38)31(27(17)37)10-20(33)34)8-4-14(22(13)24)12-2-6-16(26(30)36)23(15)21(11)12/h1-8H,9-10H2,(H,33,34). The van der Waals surface area contributed by atoms with Crippen molar-refractivity contribution in [2.75, 3.05) is 13.1 Å². The number of amides is 5. The van der Waals surface area contributed by atoms with E-state index in [2.05, 4.69) is 5.18 Å². The van der Waals surface area contributed by atoms with Crippen LogP contribution in [-0.4, -0.2) is 63.5 Å². The minimum absolute atomic E-state index is 0.188. The molecule has 0 unspecified atom stereocenters. The molecule has 11 nitrogen and oxygen atoms in total. The Hall–Kier alpha value is -5.58. The third kappa shape index (κ3) is 2.75. The van der Waals surface area contributed by atoms with Gasteiger partial charge in [-0.05, 0) is 56.6 Å². The predicted molar refractivity (Wildman–Crippen MR) is 137 cm³/mol. The van der Waals surface area contributed by atoms with Crippen LogP contribution in [0.3, 0.4) is 0 Å². The molecular weight excluding hydrogens is 506 g/mol. The normalized spacial score (nSPS) is 14.9. The van der Waals surface area contributed by atoms with Gasteiger partial charge in [-0.3, -0.25) is 38.6 Å². The molecule has 0 spiro atoms. The molecule has 7 rings (SSSR count). The molecule has 5 amide bonds. The van der Waals surface area contributed by atoms with Gasteiger partial charge in [0, 0.05) is 38.2 Å². The summed E-state index contributed by atoms with van der Waals surface area (Å²) in [5.74, 6) is -5.31. The van der Waals surface area contributed by atoms with Crippen molar-refractivity contribution in [3.05, 3.63) is 75.7 Å². The summed E-state index contributed by atoms with van der Waals surface area (Å²) in [4.78, 5) is 87.8. The van der Waals surface area contributed by atoms with E-state index in [1.54, 1.807) is 36.4 Å². The average molecular weight is 519 g/mol. The molecular formula is C28H13N3O8. The first-order valence-electron chi connectivity index (χ1n) is 11.7. The molecule has 0 bridgehead atoms. The van der Waals surface area contributed by atoms with Crippen molar-refractivity contribution in [3.8, 4) is 0 Å². The summed E-state index contributed by atoms with van der Waals surface area (Å²) in [5.41, 5.74) is 0.783. The van der Waals surface area contributed by atoms with Crippen LogP contribution in [0.1, 0.15) is 41.4 Å². The van der Waals surface area contributed by atoms with Gasteiger partial charge < -0.3 is 5.11 Å². The van der Waals surface area contributed by atoms with Gasteiger partial charge >= 0.3 is 11.9 Å². The van der Waals surface area contributed by atoms with Crippen LogP contribution in [-0.2, 0) is 9.59 Å². The van der Waals surface area contributed by atoms with E-state index >= 15 is 0 Å². The fraction of sp³-hybridized carbons (Fsp3) is 0.0714. The Kier molecular flexibility index (Phi) is 4.33. The van der Waals surface area contributed by atoms with E-state index in [4.69, 9.17) is 0 Å². The Bertz CT molecular complexity index is 1960. The van der Waals surface area contributed by atoms with E-state index in [1.165, 1.54) is 12.1 Å². The van der Waals surface area contributed by atoms with Gasteiger partial charge in [-0.2, -0.15) is 0 Å². The lowest BCUT2D eigenvalue weighted by molar-refractivity contribution is -0.137. The van der Waals surface area contributed by atoms with Gasteiger partial charge in [0.25, 0.3) is 23.6 Å². The number of benzene rings is 5. The van der Waals surface area contributed by atoms with E-state index in [1.807, 2.05) is 0 Å². The van der Waals surface area contributed by atoms with Crippen molar-refractivity contribution >= 4 is 78.6 Å². The van der Waals surface area contributed by atoms with Gasteiger partial charge in [0.05, 0.1) is 0 Å². The highest BCUT2D eigenvalue weighted by atomic mass is 16.4. The number of hydrogen-bond donors (Lipinski definition) is 1. The van der Waals surface area contributed by atoms with Gasteiger partial charge in [-0.1, -0.05) is 24.3 Å². The molecule has 0 atom stereocenters. The Morgan fingerprint density at radius 3 is 1.21 bits per heavy atom. The number of hydrogen-bond acceptors (Lipinski definition) is 7. The minimum atomic E-state index is -1.31. The molecule has 0 fully saturated rings. The predicted octanol–water partition coefficient (Wildman–Crippen LogP) is 3.31. The van der Waals surface area contributed by atoms with Crippen molar-refractivity contribution < 1.29 is 33.9 Å². The zero-order chi connectivity index (χ0) is 27.3. The molecule has 0 aliphatic carbocycles. The molecule has 5 aromatic carbocycles. The third-order valence-corrected chi connectivity index (χ3v) is 7.49. The summed E-state index contributed by atoms with van der Waals surface area (Å²) in [6.45, 7) is -1.52. The summed E-state index contributed by atoms with van der Waals surface area (Å²) in [6, 6.07) is 13.0. The summed E-state index contributed by atoms with van der Waals surface area (Å²) in [7, 11) is 0. The van der Waals surface area contributed by atoms with Crippen LogP contribution in [0.25, 0.3) is 43.1 Å². The smallest absolute Gasteiger partial charge is 0.323 e. The van der Waals surface area contributed by atoms with Gasteiger partial charge in [0.15, 0.2) is 0 Å². The molecule has 0 saturated heterocycles. The van der Waals surface area contributed by atoms with Crippen molar-refractivity contribution in [2.24, 2.45) is 5.18 Å². The number of carboxylic acids is 1. The second-order valence-electron chi connectivity index (χ2n) is 9.41. The molecule has 2 aliphatic rings. The van der Waals surface area contributed by atoms with Gasteiger partial charge in [-0.15, -0.1) is 4.91 Å². The van der Waals surface area contributed by atoms with Crippen LogP contribution >= 0.6 is 0 Å². The van der Waals surface area contributed by atoms with Crippen LogP contribution < -0.4 is 0 Å². The number of carbonyl (C=O) groups excluding carboxylic acids is 5. The molecule has 5 aromatic rings. The molecule has 188 valence electrons. The average Bonchev–Trinajstić information content (AvgIpc) is 2.93. The number of carbonyl (C=O) groups is 6. The summed E-state index contributed by atoms with van der Waals surface area (Å²) in [5, 5.41) is 16.3. The van der Waals surface area contributed by atoms with Crippen LogP contribution in [0.2, 0.25) is 0 Å². The van der Waals surface area contributed by atoms with E-state index < -0.39 is 48.6 Å². The second kappa shape index (κ2) is 7.48. The SMILES string of the molecule is O=NC(=O)CN1C(=O)c2ccc3c4ccc5c6c(ccc(c7ccc(c2c37)C1=O)c64)C(=O)N(CC(=O)O)C5=O. The maximum atomic E-state index is 13.2. The number of carboxylic acid groups (broad SMARTS) is 1. The Morgan fingerprint density at radius 1 is 0.564 bits per heavy atom. The van der Waals surface area contributed by atoms with E-state index in [0.29, 0.717) is 52.9 Å². The number of nitroso groups, excluding NO2 is 1. The lowest BCUT2D eigenvalue weighted by Crippen LogP contribution is -2.43. The van der Waals surface area contributed by atoms with Crippen LogP contribution in [0, 0.1) is 4.91 Å². The van der Waals surface area contributed by atoms with Crippen molar-refractivity contribution in [1.29, 1.82) is 0 Å². The van der Waals surface area contributed by atoms with Crippen LogP contribution in [0.4, 0.5) is 0 Å². The molecule has 39 heavy (non-hydrogen) atoms. The van der Waals surface area contributed by atoms with E-state index in [-0.39, 0.29) is 22.3 Å². The Balaban J connectivity index is 1.56. The molecule has 11 heteroatoms. The van der Waals surface area contributed by atoms with Gasteiger partial charge in [0.2, 0.25) is 0 Å². The largest absolute Gasteiger partial charge is 0.480 e. The zero-order valence-electron chi connectivity index (χ0n) is 19.7. The van der Waals surface area contributed by atoms with Gasteiger partial charge in [-0.25, -0.2) is 0 Å². The number of aliphatic carboxylic acids is 1. The molecule has 0 aromatic heterocycles. The first-order chi connectivity index (χ1) is 18.7. The maximum absolute atomic E-state index is 13.2. The number of rotatable bonds is 4. The Labute approximate surface area is 216 Å². The maximum Gasteiger partial charge on any atom is 0.323 e. The first-order valence-corrected chi connectivity index (χ1v) is 11.7. The quantitative estimate of drug-likeness (QED) is 0.164. The molecule has 2 aliphatic heterocycles. The number of imide groups is 2. The van der Waals surface area contributed by atoms with Crippen molar-refractivity contribution in [1.82, 2.24) is 9.80 Å². The van der Waals surface area contributed by atoms with Crippen molar-refractivity contribution in [3.63, 3.8) is 0 Å². The Morgan fingerprint density at radius 2 is 0.897 bits per heavy atom. The van der Waals surface area contributed by atoms with Crippen molar-refractivity contribution in [2.45, 2.75) is 0 Å². The number of fused-ring (bicyclic) bond motifs is 2. The molecule has 0 radical (unpaired) electrons. The van der Waals surface area contributed by atoms with Crippen LogP contribution in [0.5, 0.6) is 0 Å². The van der Waals surface area contributed by atoms with E-state index in [0.717, 1.165) is 0 Å². The minimum Gasteiger partial charge on any atom is -0.480 e. The van der Waals surface area contributed by atoms with Crippen LogP contribution in [0.15, 0.2) is 53.7 Å². The zero-order valence-corrected chi connectivity index (χ0v) is 19.7. The monoisotopic (exact) mass is 519 g/mol. The third-order valence-electron chi connectivity index (χ3n) is 7.49. The summed E-state index contributed by atoms with van der Waals surface area (Å²) < 4.78 is 0. The summed E-state index contributed by atoms with van der Waals surface area (Å²) in [6.07, 6.45) is 0. The number of nitrogens with zero attached hydrogens (tertiary/aromatic N) is 3. The fourth-order valence-electron chi connectivity index (χ4n) is 5.95. The fourth-order valence-corrected chi connectivity index (χ4v) is 5.95. The lowest BCUT2D eigenvalue weighted by Gasteiger charge is -2.29. The topological polar surface area (TPSA) is 159 Å². The van der Waals surface area contributed by atoms with Gasteiger partial charge in [0.1, 0.15) is 13.1 Å². The highest BCUT2D eigenvalue weighted by molar-refractivity contribution is 6.41. The summed E-state index contributed by atoms with van der Waals surface area (Å²) >= 11 is 0. The first kappa shape index (κ1) is 22.6. The molecule has 2 heterocycles. The molecule has 1 N–H and O–H groups in total. The highest BCUT2D eigenvalue weighted by Gasteiger charge is 2.37. The molecule has 0 saturated carbocycles. The second-order valence-corrected chi connectivity index (χ2v) is 9.41. The highest BCUT2D eigenvalue weighted by Crippen LogP contribution is 2.46. The lowest BCUT2D eigenvalue weighted by atomic mass is 9.82. The van der Waals surface area contributed by atoms with E-state index in [9.17, 15) is 38.8 Å².